The van der Waals surface area contributed by atoms with Gasteiger partial charge in [-0.1, -0.05) is 0 Å². The first-order chi connectivity index (χ1) is 7.61. The van der Waals surface area contributed by atoms with Crippen LogP contribution in [-0.4, -0.2) is 30.7 Å². The number of nitrogens with one attached hydrogen (secondary N) is 1. The van der Waals surface area contributed by atoms with Gasteiger partial charge in [-0.3, -0.25) is 10.1 Å². The molecule has 16 heavy (non-hydrogen) atoms. The number of hydrogen-bond acceptors (Lipinski definition) is 6. The summed E-state index contributed by atoms with van der Waals surface area (Å²) < 4.78 is 4.92. The van der Waals surface area contributed by atoms with Crippen LogP contribution in [-0.2, 0) is 11.2 Å². The van der Waals surface area contributed by atoms with E-state index < -0.39 is 4.92 Å². The van der Waals surface area contributed by atoms with E-state index in [-0.39, 0.29) is 11.4 Å². The summed E-state index contributed by atoms with van der Waals surface area (Å²) in [5.41, 5.74) is 6.30. The molecule has 88 valence electrons. The van der Waals surface area contributed by atoms with Gasteiger partial charge >= 0.3 is 5.69 Å². The second-order valence-electron chi connectivity index (χ2n) is 3.13. The summed E-state index contributed by atoms with van der Waals surface area (Å²) in [6.07, 6.45) is 1.63. The minimum atomic E-state index is -0.544. The van der Waals surface area contributed by atoms with Crippen molar-refractivity contribution in [1.29, 1.82) is 0 Å². The van der Waals surface area contributed by atoms with Crippen molar-refractivity contribution in [3.05, 3.63) is 21.9 Å². The maximum Gasteiger partial charge on any atom is 0.310 e. The van der Waals surface area contributed by atoms with Crippen molar-refractivity contribution in [3.8, 4) is 0 Å². The Kier molecular flexibility index (Phi) is 4.01. The average molecular weight is 226 g/mol. The van der Waals surface area contributed by atoms with Crippen LogP contribution in [0.3, 0.4) is 0 Å². The maximum atomic E-state index is 10.7. The molecule has 3 N–H and O–H groups in total. The Balaban J connectivity index is 3.17. The van der Waals surface area contributed by atoms with Gasteiger partial charge in [0.1, 0.15) is 17.7 Å². The van der Waals surface area contributed by atoms with Crippen LogP contribution in [0.1, 0.15) is 5.56 Å². The molecule has 1 rings (SSSR count). The second kappa shape index (κ2) is 5.26. The van der Waals surface area contributed by atoms with Crippen molar-refractivity contribution in [1.82, 2.24) is 4.98 Å². The zero-order valence-corrected chi connectivity index (χ0v) is 9.19. The summed E-state index contributed by atoms with van der Waals surface area (Å²) in [5, 5.41) is 13.5. The molecular formula is C9H14N4O3. The minimum Gasteiger partial charge on any atom is -0.393 e. The molecule has 0 aromatic carbocycles. The molecule has 7 heteroatoms. The zero-order valence-electron chi connectivity index (χ0n) is 9.19. The Labute approximate surface area is 92.8 Å². The maximum absolute atomic E-state index is 10.7. The van der Waals surface area contributed by atoms with Crippen LogP contribution in [0, 0.1) is 10.1 Å². The highest BCUT2D eigenvalue weighted by atomic mass is 16.6. The van der Waals surface area contributed by atoms with Crippen LogP contribution >= 0.6 is 0 Å². The van der Waals surface area contributed by atoms with Crippen molar-refractivity contribution in [2.45, 2.75) is 6.42 Å². The molecule has 0 saturated carbocycles. The van der Waals surface area contributed by atoms with E-state index in [0.29, 0.717) is 24.4 Å². The van der Waals surface area contributed by atoms with E-state index in [2.05, 4.69) is 10.3 Å². The summed E-state index contributed by atoms with van der Waals surface area (Å²) in [7, 11) is 3.24. The SMILES string of the molecule is CNc1ncc([N+](=O)[O-])c(N)c1CCOC. The predicted octanol–water partition coefficient (Wildman–Crippen LogP) is 0.803. The highest BCUT2D eigenvalue weighted by molar-refractivity contribution is 5.69. The standard InChI is InChI=1S/C9H14N4O3/c1-11-9-6(3-4-16-2)8(10)7(5-12-9)13(14)15/h5H,3-4H2,1-2H3,(H3,10,11,12). The molecule has 7 nitrogen and oxygen atoms in total. The van der Waals surface area contributed by atoms with E-state index in [1.807, 2.05) is 0 Å². The topological polar surface area (TPSA) is 103 Å². The van der Waals surface area contributed by atoms with E-state index in [1.54, 1.807) is 14.2 Å². The summed E-state index contributed by atoms with van der Waals surface area (Å²) in [6, 6.07) is 0. The number of pyridine rings is 1. The molecule has 0 spiro atoms. The smallest absolute Gasteiger partial charge is 0.310 e. The first-order valence-corrected chi connectivity index (χ1v) is 4.70. The van der Waals surface area contributed by atoms with Gasteiger partial charge in [-0.25, -0.2) is 4.98 Å². The molecule has 1 aromatic rings. The molecule has 0 unspecified atom stereocenters. The predicted molar refractivity (Wildman–Crippen MR) is 60.4 cm³/mol. The van der Waals surface area contributed by atoms with Crippen molar-refractivity contribution >= 4 is 17.2 Å². The lowest BCUT2D eigenvalue weighted by atomic mass is 10.1. The first kappa shape index (κ1) is 12.2. The Morgan fingerprint density at radius 2 is 2.38 bits per heavy atom. The van der Waals surface area contributed by atoms with Crippen molar-refractivity contribution in [3.63, 3.8) is 0 Å². The third-order valence-corrected chi connectivity index (χ3v) is 2.19. The Bertz CT molecular complexity index is 395. The molecular weight excluding hydrogens is 212 g/mol. The molecule has 0 aliphatic rings. The number of nitrogen functional groups attached to an aromatic ring is 1. The molecule has 1 heterocycles. The summed E-state index contributed by atoms with van der Waals surface area (Å²) in [5.74, 6) is 0.542. The average Bonchev–Trinajstić information content (AvgIpc) is 2.26. The third-order valence-electron chi connectivity index (χ3n) is 2.19. The second-order valence-corrected chi connectivity index (χ2v) is 3.13. The minimum absolute atomic E-state index is 0.140. The fourth-order valence-electron chi connectivity index (χ4n) is 1.37. The van der Waals surface area contributed by atoms with E-state index in [0.717, 1.165) is 6.20 Å². The first-order valence-electron chi connectivity index (χ1n) is 4.70. The number of ether oxygens (including phenoxy) is 1. The van der Waals surface area contributed by atoms with Gasteiger partial charge < -0.3 is 15.8 Å². The number of nitrogens with two attached hydrogens (primary N) is 1. The van der Waals surface area contributed by atoms with E-state index >= 15 is 0 Å². The van der Waals surface area contributed by atoms with Gasteiger partial charge in [-0.15, -0.1) is 0 Å². The molecule has 0 saturated heterocycles. The molecule has 0 amide bonds. The van der Waals surface area contributed by atoms with E-state index in [4.69, 9.17) is 10.5 Å². The fourth-order valence-corrected chi connectivity index (χ4v) is 1.37. The molecule has 0 aliphatic heterocycles. The molecule has 0 atom stereocenters. The third kappa shape index (κ3) is 2.37. The van der Waals surface area contributed by atoms with Crippen molar-refractivity contribution < 1.29 is 9.66 Å². The van der Waals surface area contributed by atoms with Gasteiger partial charge in [-0.2, -0.15) is 0 Å². The summed E-state index contributed by atoms with van der Waals surface area (Å²) >= 11 is 0. The Morgan fingerprint density at radius 1 is 1.69 bits per heavy atom. The summed E-state index contributed by atoms with van der Waals surface area (Å²) in [6.45, 7) is 0.432. The van der Waals surface area contributed by atoms with Gasteiger partial charge in [-0.05, 0) is 0 Å². The monoisotopic (exact) mass is 226 g/mol. The van der Waals surface area contributed by atoms with Crippen molar-refractivity contribution in [2.24, 2.45) is 0 Å². The number of anilines is 2. The van der Waals surface area contributed by atoms with Crippen LogP contribution in [0.2, 0.25) is 0 Å². The normalized spacial score (nSPS) is 10.1. The number of nitro groups is 1. The highest BCUT2D eigenvalue weighted by Crippen LogP contribution is 2.29. The molecule has 0 aliphatic carbocycles. The van der Waals surface area contributed by atoms with Gasteiger partial charge in [0.25, 0.3) is 0 Å². The lowest BCUT2D eigenvalue weighted by Crippen LogP contribution is -2.08. The van der Waals surface area contributed by atoms with Gasteiger partial charge in [0, 0.05) is 26.1 Å². The van der Waals surface area contributed by atoms with Crippen molar-refractivity contribution in [2.75, 3.05) is 31.8 Å². The van der Waals surface area contributed by atoms with Gasteiger partial charge in [0.2, 0.25) is 0 Å². The quantitative estimate of drug-likeness (QED) is 0.568. The Morgan fingerprint density at radius 3 is 2.88 bits per heavy atom. The fraction of sp³-hybridized carbons (Fsp3) is 0.444. The number of rotatable bonds is 5. The van der Waals surface area contributed by atoms with Gasteiger partial charge in [0.05, 0.1) is 11.5 Å². The lowest BCUT2D eigenvalue weighted by molar-refractivity contribution is -0.384. The summed E-state index contributed by atoms with van der Waals surface area (Å²) in [4.78, 5) is 14.1. The zero-order chi connectivity index (χ0) is 12.1. The van der Waals surface area contributed by atoms with Crippen LogP contribution in [0.4, 0.5) is 17.2 Å². The lowest BCUT2D eigenvalue weighted by Gasteiger charge is -2.10. The van der Waals surface area contributed by atoms with Crippen LogP contribution < -0.4 is 11.1 Å². The number of nitrogens with zero attached hydrogens (tertiary/aromatic N) is 2. The van der Waals surface area contributed by atoms with Crippen LogP contribution in [0.5, 0.6) is 0 Å². The number of methoxy groups -OCH3 is 1. The van der Waals surface area contributed by atoms with Crippen LogP contribution in [0.15, 0.2) is 6.20 Å². The number of aromatic nitrogens is 1. The molecule has 0 fully saturated rings. The van der Waals surface area contributed by atoms with Crippen LogP contribution in [0.25, 0.3) is 0 Å². The van der Waals surface area contributed by atoms with E-state index in [9.17, 15) is 10.1 Å². The highest BCUT2D eigenvalue weighted by Gasteiger charge is 2.18. The largest absolute Gasteiger partial charge is 0.393 e. The number of hydrogen-bond donors (Lipinski definition) is 2. The molecule has 0 radical (unpaired) electrons. The Hall–Kier alpha value is -1.89. The van der Waals surface area contributed by atoms with E-state index in [1.165, 1.54) is 0 Å². The molecule has 0 bridgehead atoms. The molecule has 1 aromatic heterocycles. The van der Waals surface area contributed by atoms with Gasteiger partial charge in [0.15, 0.2) is 0 Å².